The molecule has 6 nitrogen and oxygen atoms in total. The number of nitrogens with one attached hydrogen (secondary N) is 1. The van der Waals surface area contributed by atoms with Crippen molar-refractivity contribution in [3.8, 4) is 0 Å². The van der Waals surface area contributed by atoms with Crippen LogP contribution in [0.1, 0.15) is 29.2 Å². The van der Waals surface area contributed by atoms with E-state index in [0.717, 1.165) is 5.01 Å². The second-order valence-electron chi connectivity index (χ2n) is 5.17. The summed E-state index contributed by atoms with van der Waals surface area (Å²) < 4.78 is 1.55. The minimum absolute atomic E-state index is 0.0817. The number of benzene rings is 1. The lowest BCUT2D eigenvalue weighted by atomic mass is 10.1. The molecular weight excluding hydrogens is 290 g/mol. The van der Waals surface area contributed by atoms with Crippen molar-refractivity contribution in [1.82, 2.24) is 14.5 Å². The number of carboxylic acid groups (broad SMARTS) is 1. The number of aromatic nitrogens is 3. The van der Waals surface area contributed by atoms with Gasteiger partial charge in [0.1, 0.15) is 5.01 Å². The number of hydrogen-bond donors (Lipinski definition) is 2. The Kier molecular flexibility index (Phi) is 2.94. The third-order valence-electron chi connectivity index (χ3n) is 3.46. The van der Waals surface area contributed by atoms with E-state index in [1.54, 1.807) is 22.9 Å². The molecule has 21 heavy (non-hydrogen) atoms. The van der Waals surface area contributed by atoms with Crippen molar-refractivity contribution in [2.24, 2.45) is 0 Å². The van der Waals surface area contributed by atoms with Crippen LogP contribution >= 0.6 is 11.3 Å². The fraction of sp³-hybridized carbons (Fsp3) is 0.214. The highest BCUT2D eigenvalue weighted by Crippen LogP contribution is 2.29. The first-order chi connectivity index (χ1) is 9.93. The largest absolute Gasteiger partial charge is 0.478 e. The van der Waals surface area contributed by atoms with Crippen LogP contribution in [-0.4, -0.2) is 25.6 Å². The average Bonchev–Trinajstić information content (AvgIpc) is 3.04. The number of para-hydroxylation sites is 1. The molecule has 0 aliphatic rings. The summed E-state index contributed by atoms with van der Waals surface area (Å²) >= 11 is 1.45. The summed E-state index contributed by atoms with van der Waals surface area (Å²) in [6.07, 6.45) is 1.68. The fourth-order valence-corrected chi connectivity index (χ4v) is 3.24. The van der Waals surface area contributed by atoms with E-state index in [9.17, 15) is 14.7 Å². The van der Waals surface area contributed by atoms with Crippen molar-refractivity contribution in [2.45, 2.75) is 19.4 Å². The molecule has 0 fully saturated rings. The molecule has 0 radical (unpaired) electrons. The van der Waals surface area contributed by atoms with Gasteiger partial charge in [0.05, 0.1) is 22.1 Å². The monoisotopic (exact) mass is 303 g/mol. The molecule has 2 N–H and O–H groups in total. The van der Waals surface area contributed by atoms with Crippen LogP contribution < -0.4 is 5.69 Å². The van der Waals surface area contributed by atoms with Crippen molar-refractivity contribution < 1.29 is 9.90 Å². The van der Waals surface area contributed by atoms with Crippen LogP contribution in [0.4, 0.5) is 0 Å². The number of carboxylic acids is 1. The van der Waals surface area contributed by atoms with Crippen LogP contribution in [0, 0.1) is 0 Å². The third kappa shape index (κ3) is 1.97. The van der Waals surface area contributed by atoms with E-state index in [2.05, 4.69) is 9.97 Å². The second kappa shape index (κ2) is 4.56. The summed E-state index contributed by atoms with van der Waals surface area (Å²) in [6, 6.07) is 4.84. The third-order valence-corrected chi connectivity index (χ3v) is 4.55. The number of imidazole rings is 1. The summed E-state index contributed by atoms with van der Waals surface area (Å²) in [5.74, 6) is -1.07. The van der Waals surface area contributed by atoms with E-state index >= 15 is 0 Å². The van der Waals surface area contributed by atoms with Gasteiger partial charge < -0.3 is 10.1 Å². The SMILES string of the molecule is CC(C)(c1nccs1)n1c(=O)[nH]c2c(C(=O)O)cccc21. The first-order valence-electron chi connectivity index (χ1n) is 6.30. The molecule has 0 aliphatic carbocycles. The predicted octanol–water partition coefficient (Wildman–Crippen LogP) is 2.27. The first kappa shape index (κ1) is 13.6. The van der Waals surface area contributed by atoms with Gasteiger partial charge in [-0.1, -0.05) is 6.07 Å². The van der Waals surface area contributed by atoms with Crippen molar-refractivity contribution in [3.05, 3.63) is 50.8 Å². The maximum Gasteiger partial charge on any atom is 0.337 e. The van der Waals surface area contributed by atoms with Crippen molar-refractivity contribution in [2.75, 3.05) is 0 Å². The Morgan fingerprint density at radius 3 is 2.81 bits per heavy atom. The molecule has 0 atom stereocenters. The number of aromatic amines is 1. The van der Waals surface area contributed by atoms with Gasteiger partial charge in [0.15, 0.2) is 0 Å². The van der Waals surface area contributed by atoms with Crippen LogP contribution in [0.3, 0.4) is 0 Å². The second-order valence-corrected chi connectivity index (χ2v) is 6.06. The fourth-order valence-electron chi connectivity index (χ4n) is 2.48. The van der Waals surface area contributed by atoms with Gasteiger partial charge in [0.25, 0.3) is 0 Å². The van der Waals surface area contributed by atoms with Gasteiger partial charge >= 0.3 is 11.7 Å². The molecule has 108 valence electrons. The van der Waals surface area contributed by atoms with Gasteiger partial charge in [0, 0.05) is 11.6 Å². The molecule has 0 saturated carbocycles. The molecule has 0 saturated heterocycles. The average molecular weight is 303 g/mol. The molecule has 7 heteroatoms. The highest BCUT2D eigenvalue weighted by Gasteiger charge is 2.30. The molecule has 0 spiro atoms. The summed E-state index contributed by atoms with van der Waals surface area (Å²) in [7, 11) is 0. The van der Waals surface area contributed by atoms with Gasteiger partial charge in [-0.15, -0.1) is 11.3 Å². The number of aromatic carboxylic acids is 1. The number of fused-ring (bicyclic) bond motifs is 1. The zero-order valence-corrected chi connectivity index (χ0v) is 12.3. The minimum Gasteiger partial charge on any atom is -0.478 e. The summed E-state index contributed by atoms with van der Waals surface area (Å²) in [5, 5.41) is 11.9. The molecule has 2 heterocycles. The van der Waals surface area contributed by atoms with Gasteiger partial charge in [-0.05, 0) is 26.0 Å². The summed E-state index contributed by atoms with van der Waals surface area (Å²) in [4.78, 5) is 30.5. The van der Waals surface area contributed by atoms with Crippen LogP contribution in [0.15, 0.2) is 34.6 Å². The molecule has 0 unspecified atom stereocenters. The zero-order valence-electron chi connectivity index (χ0n) is 11.5. The van der Waals surface area contributed by atoms with Gasteiger partial charge in [-0.2, -0.15) is 0 Å². The van der Waals surface area contributed by atoms with E-state index in [1.165, 1.54) is 17.4 Å². The summed E-state index contributed by atoms with van der Waals surface area (Å²) in [5.41, 5.74) is -0.0439. The highest BCUT2D eigenvalue weighted by atomic mass is 32.1. The van der Waals surface area contributed by atoms with Crippen LogP contribution in [-0.2, 0) is 5.54 Å². The summed E-state index contributed by atoms with van der Waals surface area (Å²) in [6.45, 7) is 3.77. The van der Waals surface area contributed by atoms with E-state index in [4.69, 9.17) is 0 Å². The number of thiazole rings is 1. The Labute approximate surface area is 123 Å². The van der Waals surface area contributed by atoms with Crippen LogP contribution in [0.5, 0.6) is 0 Å². The van der Waals surface area contributed by atoms with E-state index in [1.807, 2.05) is 19.2 Å². The van der Waals surface area contributed by atoms with Crippen LogP contribution in [0.2, 0.25) is 0 Å². The Morgan fingerprint density at radius 2 is 2.19 bits per heavy atom. The quantitative estimate of drug-likeness (QED) is 0.777. The van der Waals surface area contributed by atoms with E-state index in [0.29, 0.717) is 11.0 Å². The molecule has 0 aliphatic heterocycles. The smallest absolute Gasteiger partial charge is 0.337 e. The van der Waals surface area contributed by atoms with Crippen molar-refractivity contribution in [1.29, 1.82) is 0 Å². The molecular formula is C14H13N3O3S. The van der Waals surface area contributed by atoms with Gasteiger partial charge in [0.2, 0.25) is 0 Å². The molecule has 1 aromatic carbocycles. The number of rotatable bonds is 3. The lowest BCUT2D eigenvalue weighted by Gasteiger charge is -2.24. The van der Waals surface area contributed by atoms with Crippen LogP contribution in [0.25, 0.3) is 11.0 Å². The Balaban J connectivity index is 2.35. The molecule has 0 amide bonds. The number of nitrogens with zero attached hydrogens (tertiary/aromatic N) is 2. The van der Waals surface area contributed by atoms with Crippen molar-refractivity contribution in [3.63, 3.8) is 0 Å². The predicted molar refractivity (Wildman–Crippen MR) is 80.1 cm³/mol. The Hall–Kier alpha value is -2.41. The maximum absolute atomic E-state index is 12.3. The highest BCUT2D eigenvalue weighted by molar-refractivity contribution is 7.09. The molecule has 0 bridgehead atoms. The number of H-pyrrole nitrogens is 1. The standard InChI is InChI=1S/C14H13N3O3S/c1-14(2,12-15-6-7-21-12)17-9-5-3-4-8(11(18)19)10(9)16-13(17)20/h3-7H,1-2H3,(H,16,20)(H,18,19). The Morgan fingerprint density at radius 1 is 1.43 bits per heavy atom. The maximum atomic E-state index is 12.3. The van der Waals surface area contributed by atoms with E-state index in [-0.39, 0.29) is 11.3 Å². The Bertz CT molecular complexity index is 875. The number of carbonyl (C=O) groups is 1. The molecule has 3 rings (SSSR count). The van der Waals surface area contributed by atoms with Crippen molar-refractivity contribution >= 4 is 28.3 Å². The lowest BCUT2D eigenvalue weighted by Crippen LogP contribution is -2.35. The molecule has 2 aromatic heterocycles. The lowest BCUT2D eigenvalue weighted by molar-refractivity contribution is 0.0699. The number of hydrogen-bond acceptors (Lipinski definition) is 4. The zero-order chi connectivity index (χ0) is 15.2. The normalized spacial score (nSPS) is 11.9. The van der Waals surface area contributed by atoms with Gasteiger partial charge in [-0.3, -0.25) is 4.57 Å². The first-order valence-corrected chi connectivity index (χ1v) is 7.18. The van der Waals surface area contributed by atoms with E-state index < -0.39 is 11.5 Å². The minimum atomic E-state index is -1.07. The molecule has 3 aromatic rings. The topological polar surface area (TPSA) is 88.0 Å². The van der Waals surface area contributed by atoms with Gasteiger partial charge in [-0.25, -0.2) is 14.6 Å².